The molecule has 1 amide bonds. The number of methoxy groups -OCH3 is 2. The zero-order valence-electron chi connectivity index (χ0n) is 14.1. The number of hydrogen-bond donors (Lipinski definition) is 2. The summed E-state index contributed by atoms with van der Waals surface area (Å²) >= 11 is 11.9. The number of rotatable bonds is 8. The molecule has 0 fully saturated rings. The Kier molecular flexibility index (Phi) is 7.37. The molecule has 134 valence electrons. The fourth-order valence-corrected chi connectivity index (χ4v) is 2.57. The van der Waals surface area contributed by atoms with Crippen LogP contribution in [-0.4, -0.2) is 26.7 Å². The predicted molar refractivity (Wildman–Crippen MR) is 101 cm³/mol. The lowest BCUT2D eigenvalue weighted by molar-refractivity contribution is -0.116. The van der Waals surface area contributed by atoms with Gasteiger partial charge in [-0.25, -0.2) is 0 Å². The normalized spacial score (nSPS) is 10.4. The van der Waals surface area contributed by atoms with E-state index >= 15 is 0 Å². The van der Waals surface area contributed by atoms with E-state index in [1.54, 1.807) is 32.4 Å². The standard InChI is InChI=1S/C18H20Cl2N2O3/c1-24-16-6-3-12(9-17(16)25-2)11-21-8-7-18(23)22-15-10-13(19)4-5-14(15)20/h3-6,9-10,21H,7-8,11H2,1-2H3,(H,22,23). The van der Waals surface area contributed by atoms with Gasteiger partial charge in [0.1, 0.15) is 0 Å². The molecule has 5 nitrogen and oxygen atoms in total. The highest BCUT2D eigenvalue weighted by Crippen LogP contribution is 2.27. The van der Waals surface area contributed by atoms with Crippen molar-refractivity contribution in [1.82, 2.24) is 5.32 Å². The molecule has 0 bridgehead atoms. The smallest absolute Gasteiger partial charge is 0.225 e. The van der Waals surface area contributed by atoms with E-state index in [1.165, 1.54) is 0 Å². The Morgan fingerprint density at radius 2 is 1.80 bits per heavy atom. The van der Waals surface area contributed by atoms with Gasteiger partial charge >= 0.3 is 0 Å². The fourth-order valence-electron chi connectivity index (χ4n) is 2.23. The van der Waals surface area contributed by atoms with Crippen LogP contribution in [0.25, 0.3) is 0 Å². The third kappa shape index (κ3) is 5.81. The monoisotopic (exact) mass is 382 g/mol. The molecule has 0 saturated heterocycles. The first-order valence-electron chi connectivity index (χ1n) is 7.70. The topological polar surface area (TPSA) is 59.6 Å². The molecular weight excluding hydrogens is 363 g/mol. The van der Waals surface area contributed by atoms with Crippen molar-refractivity contribution in [1.29, 1.82) is 0 Å². The molecule has 0 aliphatic heterocycles. The van der Waals surface area contributed by atoms with Crippen molar-refractivity contribution in [3.05, 3.63) is 52.0 Å². The molecule has 25 heavy (non-hydrogen) atoms. The highest BCUT2D eigenvalue weighted by Gasteiger charge is 2.07. The van der Waals surface area contributed by atoms with Crippen LogP contribution in [0.15, 0.2) is 36.4 Å². The Labute approximate surface area is 157 Å². The summed E-state index contributed by atoms with van der Waals surface area (Å²) in [6, 6.07) is 10.6. The van der Waals surface area contributed by atoms with E-state index in [-0.39, 0.29) is 5.91 Å². The molecule has 0 aliphatic rings. The van der Waals surface area contributed by atoms with E-state index in [9.17, 15) is 4.79 Å². The lowest BCUT2D eigenvalue weighted by Crippen LogP contribution is -2.21. The van der Waals surface area contributed by atoms with Crippen LogP contribution in [0.1, 0.15) is 12.0 Å². The number of hydrogen-bond acceptors (Lipinski definition) is 4. The van der Waals surface area contributed by atoms with Crippen LogP contribution in [0.4, 0.5) is 5.69 Å². The fraction of sp³-hybridized carbons (Fsp3) is 0.278. The van der Waals surface area contributed by atoms with E-state index in [0.717, 1.165) is 5.56 Å². The molecule has 2 aromatic carbocycles. The lowest BCUT2D eigenvalue weighted by Gasteiger charge is -2.11. The van der Waals surface area contributed by atoms with Crippen LogP contribution in [-0.2, 0) is 11.3 Å². The number of nitrogens with one attached hydrogen (secondary N) is 2. The van der Waals surface area contributed by atoms with Crippen molar-refractivity contribution < 1.29 is 14.3 Å². The molecule has 0 heterocycles. The Balaban J connectivity index is 1.79. The quantitative estimate of drug-likeness (QED) is 0.673. The molecule has 0 aliphatic carbocycles. The molecule has 0 atom stereocenters. The molecule has 0 radical (unpaired) electrons. The number of benzene rings is 2. The van der Waals surface area contributed by atoms with Crippen LogP contribution in [0.3, 0.4) is 0 Å². The van der Waals surface area contributed by atoms with Crippen LogP contribution in [0.2, 0.25) is 10.0 Å². The van der Waals surface area contributed by atoms with Crippen molar-refractivity contribution in [2.75, 3.05) is 26.1 Å². The van der Waals surface area contributed by atoms with Gasteiger partial charge in [-0.1, -0.05) is 29.3 Å². The van der Waals surface area contributed by atoms with Crippen LogP contribution in [0, 0.1) is 0 Å². The van der Waals surface area contributed by atoms with Crippen LogP contribution < -0.4 is 20.1 Å². The van der Waals surface area contributed by atoms with Gasteiger partial charge in [0.05, 0.1) is 24.9 Å². The Morgan fingerprint density at radius 1 is 1.04 bits per heavy atom. The maximum atomic E-state index is 12.0. The summed E-state index contributed by atoms with van der Waals surface area (Å²) in [4.78, 5) is 12.0. The maximum Gasteiger partial charge on any atom is 0.225 e. The molecule has 0 saturated carbocycles. The molecular formula is C18H20Cl2N2O3. The molecule has 0 spiro atoms. The summed E-state index contributed by atoms with van der Waals surface area (Å²) in [6.45, 7) is 1.14. The minimum atomic E-state index is -0.135. The second-order valence-electron chi connectivity index (χ2n) is 5.29. The van der Waals surface area contributed by atoms with Gasteiger partial charge in [0.25, 0.3) is 0 Å². The zero-order chi connectivity index (χ0) is 18.2. The number of carbonyl (C=O) groups is 1. The summed E-state index contributed by atoms with van der Waals surface area (Å²) in [7, 11) is 3.20. The van der Waals surface area contributed by atoms with E-state index in [4.69, 9.17) is 32.7 Å². The number of ether oxygens (including phenoxy) is 2. The maximum absolute atomic E-state index is 12.0. The highest BCUT2D eigenvalue weighted by molar-refractivity contribution is 6.35. The third-order valence-electron chi connectivity index (χ3n) is 3.51. The average molecular weight is 383 g/mol. The number of anilines is 1. The first kappa shape index (κ1) is 19.4. The minimum absolute atomic E-state index is 0.135. The first-order chi connectivity index (χ1) is 12.0. The zero-order valence-corrected chi connectivity index (χ0v) is 15.6. The van der Waals surface area contributed by atoms with Crippen molar-refractivity contribution in [3.63, 3.8) is 0 Å². The Hall–Kier alpha value is -1.95. The summed E-state index contributed by atoms with van der Waals surface area (Å²) in [5.74, 6) is 1.23. The SMILES string of the molecule is COc1ccc(CNCCC(=O)Nc2cc(Cl)ccc2Cl)cc1OC. The molecule has 2 N–H and O–H groups in total. The van der Waals surface area contributed by atoms with E-state index < -0.39 is 0 Å². The van der Waals surface area contributed by atoms with Gasteiger partial charge in [-0.2, -0.15) is 0 Å². The van der Waals surface area contributed by atoms with E-state index in [0.29, 0.717) is 46.7 Å². The van der Waals surface area contributed by atoms with Gasteiger partial charge in [-0.05, 0) is 35.9 Å². The van der Waals surface area contributed by atoms with Gasteiger partial charge in [-0.15, -0.1) is 0 Å². The first-order valence-corrected chi connectivity index (χ1v) is 8.45. The van der Waals surface area contributed by atoms with E-state index in [1.807, 2.05) is 18.2 Å². The Morgan fingerprint density at radius 3 is 2.52 bits per heavy atom. The van der Waals surface area contributed by atoms with Gasteiger partial charge in [0.15, 0.2) is 11.5 Å². The lowest BCUT2D eigenvalue weighted by atomic mass is 10.2. The molecule has 2 rings (SSSR count). The minimum Gasteiger partial charge on any atom is -0.493 e. The summed E-state index contributed by atoms with van der Waals surface area (Å²) < 4.78 is 10.5. The van der Waals surface area contributed by atoms with Gasteiger partial charge in [-0.3, -0.25) is 4.79 Å². The van der Waals surface area contributed by atoms with Crippen molar-refractivity contribution in [2.45, 2.75) is 13.0 Å². The molecule has 2 aromatic rings. The second kappa shape index (κ2) is 9.51. The van der Waals surface area contributed by atoms with Crippen molar-refractivity contribution in [3.8, 4) is 11.5 Å². The average Bonchev–Trinajstić information content (AvgIpc) is 2.61. The van der Waals surface area contributed by atoms with Gasteiger partial charge < -0.3 is 20.1 Å². The molecule has 7 heteroatoms. The predicted octanol–water partition coefficient (Wildman–Crippen LogP) is 4.13. The summed E-state index contributed by atoms with van der Waals surface area (Å²) in [5.41, 5.74) is 1.55. The summed E-state index contributed by atoms with van der Waals surface area (Å²) in [5, 5.41) is 6.94. The largest absolute Gasteiger partial charge is 0.493 e. The second-order valence-corrected chi connectivity index (χ2v) is 6.13. The Bertz CT molecular complexity index is 738. The number of amides is 1. The van der Waals surface area contributed by atoms with Crippen LogP contribution >= 0.6 is 23.2 Å². The van der Waals surface area contributed by atoms with Gasteiger partial charge in [0.2, 0.25) is 5.91 Å². The summed E-state index contributed by atoms with van der Waals surface area (Å²) in [6.07, 6.45) is 0.316. The van der Waals surface area contributed by atoms with Crippen LogP contribution in [0.5, 0.6) is 11.5 Å². The highest BCUT2D eigenvalue weighted by atomic mass is 35.5. The molecule has 0 aromatic heterocycles. The van der Waals surface area contributed by atoms with Gasteiger partial charge in [0, 0.05) is 24.5 Å². The third-order valence-corrected chi connectivity index (χ3v) is 4.07. The molecule has 0 unspecified atom stereocenters. The number of halogens is 2. The van der Waals surface area contributed by atoms with Crippen molar-refractivity contribution >= 4 is 34.8 Å². The number of carbonyl (C=O) groups excluding carboxylic acids is 1. The van der Waals surface area contributed by atoms with E-state index in [2.05, 4.69) is 10.6 Å². The van der Waals surface area contributed by atoms with Crippen molar-refractivity contribution in [2.24, 2.45) is 0 Å².